The zero-order valence-electron chi connectivity index (χ0n) is 8.49. The van der Waals surface area contributed by atoms with E-state index in [1.165, 1.54) is 0 Å². The van der Waals surface area contributed by atoms with Crippen molar-refractivity contribution >= 4 is 11.7 Å². The van der Waals surface area contributed by atoms with E-state index in [-0.39, 0.29) is 11.7 Å². The largest absolute Gasteiger partial charge is 0.490 e. The maximum atomic E-state index is 10.8. The van der Waals surface area contributed by atoms with E-state index in [1.54, 1.807) is 19.2 Å². The fourth-order valence-electron chi connectivity index (χ4n) is 1.31. The molecular formula is C11H13NO3. The van der Waals surface area contributed by atoms with E-state index in [1.807, 2.05) is 6.07 Å². The zero-order valence-corrected chi connectivity index (χ0v) is 8.49. The van der Waals surface area contributed by atoms with Gasteiger partial charge in [0.15, 0.2) is 0 Å². The van der Waals surface area contributed by atoms with E-state index >= 15 is 0 Å². The minimum absolute atomic E-state index is 0.248. The van der Waals surface area contributed by atoms with Gasteiger partial charge in [-0.2, -0.15) is 0 Å². The van der Waals surface area contributed by atoms with Gasteiger partial charge >= 0.3 is 5.97 Å². The number of nitrogens with one attached hydrogen (secondary N) is 1. The molecule has 2 N–H and O–H groups in total. The fraction of sp³-hybridized carbons (Fsp3) is 0.364. The first-order chi connectivity index (χ1) is 7.19. The van der Waals surface area contributed by atoms with Crippen molar-refractivity contribution in [1.82, 2.24) is 0 Å². The normalized spacial score (nSPS) is 14.7. The van der Waals surface area contributed by atoms with Crippen LogP contribution >= 0.6 is 0 Å². The molecule has 1 fully saturated rings. The van der Waals surface area contributed by atoms with Crippen molar-refractivity contribution < 1.29 is 14.6 Å². The molecule has 0 amide bonds. The van der Waals surface area contributed by atoms with Crippen LogP contribution in [0.5, 0.6) is 5.75 Å². The molecule has 0 aromatic heterocycles. The van der Waals surface area contributed by atoms with Crippen molar-refractivity contribution in [2.75, 3.05) is 12.4 Å². The Labute approximate surface area is 87.9 Å². The predicted molar refractivity (Wildman–Crippen MR) is 56.6 cm³/mol. The van der Waals surface area contributed by atoms with Crippen LogP contribution in [0.15, 0.2) is 18.2 Å². The van der Waals surface area contributed by atoms with Gasteiger partial charge in [-0.05, 0) is 25.0 Å². The lowest BCUT2D eigenvalue weighted by Gasteiger charge is -2.08. The summed E-state index contributed by atoms with van der Waals surface area (Å²) in [4.78, 5) is 10.8. The summed E-state index contributed by atoms with van der Waals surface area (Å²) in [5.41, 5.74) is 1.00. The second kappa shape index (κ2) is 3.81. The van der Waals surface area contributed by atoms with Crippen LogP contribution in [-0.2, 0) is 0 Å². The Hall–Kier alpha value is -1.71. The molecule has 0 atom stereocenters. The predicted octanol–water partition coefficient (Wildman–Crippen LogP) is 1.97. The summed E-state index contributed by atoms with van der Waals surface area (Å²) < 4.78 is 5.56. The third-order valence-corrected chi connectivity index (χ3v) is 2.27. The van der Waals surface area contributed by atoms with E-state index < -0.39 is 5.97 Å². The molecule has 0 heterocycles. The number of ether oxygens (including phenoxy) is 1. The van der Waals surface area contributed by atoms with Gasteiger partial charge in [-0.3, -0.25) is 0 Å². The van der Waals surface area contributed by atoms with Crippen LogP contribution in [0, 0.1) is 0 Å². The molecule has 1 aliphatic rings. The van der Waals surface area contributed by atoms with E-state index in [2.05, 4.69) is 5.32 Å². The summed E-state index contributed by atoms with van der Waals surface area (Å²) in [6.07, 6.45) is 2.40. The quantitative estimate of drug-likeness (QED) is 0.792. The van der Waals surface area contributed by atoms with Gasteiger partial charge in [0.2, 0.25) is 0 Å². The van der Waals surface area contributed by atoms with Gasteiger partial charge in [0.25, 0.3) is 0 Å². The van der Waals surface area contributed by atoms with Crippen molar-refractivity contribution in [1.29, 1.82) is 0 Å². The SMILES string of the molecule is CNc1cc(OC2CC2)cc(C(=O)O)c1. The third kappa shape index (κ3) is 2.40. The molecule has 0 aliphatic heterocycles. The van der Waals surface area contributed by atoms with Crippen LogP contribution in [0.25, 0.3) is 0 Å². The number of hydrogen-bond donors (Lipinski definition) is 2. The molecule has 0 spiro atoms. The monoisotopic (exact) mass is 207 g/mol. The van der Waals surface area contributed by atoms with Gasteiger partial charge in [0, 0.05) is 18.8 Å². The smallest absolute Gasteiger partial charge is 0.335 e. The lowest BCUT2D eigenvalue weighted by molar-refractivity contribution is 0.0696. The Bertz CT molecular complexity index is 385. The van der Waals surface area contributed by atoms with E-state index in [4.69, 9.17) is 9.84 Å². The molecule has 2 rings (SSSR count). The summed E-state index contributed by atoms with van der Waals surface area (Å²) in [7, 11) is 1.75. The van der Waals surface area contributed by atoms with Crippen LogP contribution in [0.3, 0.4) is 0 Å². The van der Waals surface area contributed by atoms with Crippen molar-refractivity contribution in [3.63, 3.8) is 0 Å². The van der Waals surface area contributed by atoms with Crippen molar-refractivity contribution in [2.45, 2.75) is 18.9 Å². The molecule has 0 saturated heterocycles. The highest BCUT2D eigenvalue weighted by Gasteiger charge is 2.24. The van der Waals surface area contributed by atoms with Gasteiger partial charge in [0.05, 0.1) is 11.7 Å². The highest BCUT2D eigenvalue weighted by Crippen LogP contribution is 2.29. The Balaban J connectivity index is 2.27. The number of carboxylic acids is 1. The fourth-order valence-corrected chi connectivity index (χ4v) is 1.31. The first-order valence-electron chi connectivity index (χ1n) is 4.92. The van der Waals surface area contributed by atoms with Crippen LogP contribution in [-0.4, -0.2) is 24.2 Å². The van der Waals surface area contributed by atoms with Crippen LogP contribution in [0.2, 0.25) is 0 Å². The number of anilines is 1. The number of hydrogen-bond acceptors (Lipinski definition) is 3. The third-order valence-electron chi connectivity index (χ3n) is 2.27. The molecule has 1 aliphatic carbocycles. The van der Waals surface area contributed by atoms with Gasteiger partial charge < -0.3 is 15.2 Å². The van der Waals surface area contributed by atoms with E-state index in [0.717, 1.165) is 18.5 Å². The molecular weight excluding hydrogens is 194 g/mol. The van der Waals surface area contributed by atoms with Crippen molar-refractivity contribution in [3.05, 3.63) is 23.8 Å². The summed E-state index contributed by atoms with van der Waals surface area (Å²) in [6, 6.07) is 4.95. The van der Waals surface area contributed by atoms with Gasteiger partial charge in [-0.25, -0.2) is 4.79 Å². The van der Waals surface area contributed by atoms with Crippen molar-refractivity contribution in [2.24, 2.45) is 0 Å². The van der Waals surface area contributed by atoms with Crippen LogP contribution in [0.1, 0.15) is 23.2 Å². The van der Waals surface area contributed by atoms with Crippen molar-refractivity contribution in [3.8, 4) is 5.75 Å². The van der Waals surface area contributed by atoms with Gasteiger partial charge in [-0.1, -0.05) is 0 Å². The molecule has 1 aromatic rings. The molecule has 0 radical (unpaired) electrons. The molecule has 0 bridgehead atoms. The number of benzene rings is 1. The number of aromatic carboxylic acids is 1. The molecule has 0 unspecified atom stereocenters. The first kappa shape index (κ1) is 9.83. The topological polar surface area (TPSA) is 58.6 Å². The van der Waals surface area contributed by atoms with Crippen LogP contribution < -0.4 is 10.1 Å². The summed E-state index contributed by atoms with van der Waals surface area (Å²) in [6.45, 7) is 0. The molecule has 1 saturated carbocycles. The summed E-state index contributed by atoms with van der Waals surface area (Å²) in [5, 5.41) is 11.8. The highest BCUT2D eigenvalue weighted by atomic mass is 16.5. The number of rotatable bonds is 4. The number of carboxylic acid groups (broad SMARTS) is 1. The highest BCUT2D eigenvalue weighted by molar-refractivity contribution is 5.89. The minimum Gasteiger partial charge on any atom is -0.490 e. The van der Waals surface area contributed by atoms with Gasteiger partial charge in [0.1, 0.15) is 5.75 Å². The standard InChI is InChI=1S/C11H13NO3/c1-12-8-4-7(11(13)14)5-10(6-8)15-9-2-3-9/h4-6,9,12H,2-3H2,1H3,(H,13,14). The Morgan fingerprint density at radius 1 is 1.47 bits per heavy atom. The summed E-state index contributed by atoms with van der Waals surface area (Å²) in [5.74, 6) is -0.311. The molecule has 4 nitrogen and oxygen atoms in total. The Kier molecular flexibility index (Phi) is 2.49. The Morgan fingerprint density at radius 3 is 2.73 bits per heavy atom. The van der Waals surface area contributed by atoms with E-state index in [0.29, 0.717) is 5.75 Å². The molecule has 4 heteroatoms. The molecule has 1 aromatic carbocycles. The summed E-state index contributed by atoms with van der Waals surface area (Å²) >= 11 is 0. The van der Waals surface area contributed by atoms with E-state index in [9.17, 15) is 4.79 Å². The average Bonchev–Trinajstić information content (AvgIpc) is 3.01. The second-order valence-electron chi connectivity index (χ2n) is 3.62. The molecule has 15 heavy (non-hydrogen) atoms. The Morgan fingerprint density at radius 2 is 2.20 bits per heavy atom. The maximum Gasteiger partial charge on any atom is 0.335 e. The first-order valence-corrected chi connectivity index (χ1v) is 4.92. The zero-order chi connectivity index (χ0) is 10.8. The second-order valence-corrected chi connectivity index (χ2v) is 3.62. The lowest BCUT2D eigenvalue weighted by Crippen LogP contribution is -2.02. The minimum atomic E-state index is -0.937. The van der Waals surface area contributed by atoms with Crippen LogP contribution in [0.4, 0.5) is 5.69 Å². The average molecular weight is 207 g/mol. The maximum absolute atomic E-state index is 10.8. The molecule has 80 valence electrons. The lowest BCUT2D eigenvalue weighted by atomic mass is 10.2. The number of carbonyl (C=O) groups is 1. The van der Waals surface area contributed by atoms with Gasteiger partial charge in [-0.15, -0.1) is 0 Å².